The molecule has 11 nitrogen and oxygen atoms in total. The third-order valence-corrected chi connectivity index (χ3v) is 28.7. The van der Waals surface area contributed by atoms with Crippen molar-refractivity contribution in [1.29, 1.82) is 0 Å². The van der Waals surface area contributed by atoms with Crippen LogP contribution < -0.4 is 33.4 Å². The normalized spacial score (nSPS) is 11.8. The van der Waals surface area contributed by atoms with Crippen LogP contribution in [-0.4, -0.2) is 88.4 Å². The van der Waals surface area contributed by atoms with Gasteiger partial charge < -0.3 is 0 Å². The predicted molar refractivity (Wildman–Crippen MR) is 202 cm³/mol. The van der Waals surface area contributed by atoms with Crippen LogP contribution in [0, 0.1) is 0 Å². The molecular formula is C40H36N2O9Te2. The molecule has 0 spiro atoms. The van der Waals surface area contributed by atoms with Gasteiger partial charge >= 0.3 is 319 Å². The number of methoxy groups -OCH3 is 4. The molecule has 13 heteroatoms. The zero-order valence-electron chi connectivity index (χ0n) is 29.2. The quantitative estimate of drug-likeness (QED) is 0.147. The Morgan fingerprint density at radius 2 is 0.642 bits per heavy atom. The summed E-state index contributed by atoms with van der Waals surface area (Å²) in [5, 5.41) is 0. The molecule has 272 valence electrons. The van der Waals surface area contributed by atoms with Crippen molar-refractivity contribution in [2.45, 2.75) is 0 Å². The van der Waals surface area contributed by atoms with E-state index in [9.17, 15) is 9.59 Å². The van der Waals surface area contributed by atoms with Crippen molar-refractivity contribution >= 4 is 64.4 Å². The fraction of sp³-hybridized carbons (Fsp3) is 0.100. The van der Waals surface area contributed by atoms with Gasteiger partial charge in [0.1, 0.15) is 0 Å². The molecule has 0 bridgehead atoms. The molecule has 0 aliphatic carbocycles. The molecule has 2 heterocycles. The van der Waals surface area contributed by atoms with E-state index in [0.29, 0.717) is 37.4 Å². The number of aromatic nitrogens is 2. The van der Waals surface area contributed by atoms with Gasteiger partial charge in [0.25, 0.3) is 0 Å². The summed E-state index contributed by atoms with van der Waals surface area (Å²) < 4.78 is 45.9. The molecule has 0 aliphatic heterocycles. The SMILES string of the molecule is COc1ccc([Te](OC(=O)c2ccncc2)(O[Te](OC(=O)c2ccncc2)(c2ccc(OC)cc2)c2ccc(OC)cc2)c2ccc(OC)cc2)cc1. The second-order valence-electron chi connectivity index (χ2n) is 11.0. The summed E-state index contributed by atoms with van der Waals surface area (Å²) in [6.07, 6.45) is 6.06. The Morgan fingerprint density at radius 3 is 0.868 bits per heavy atom. The monoisotopic (exact) mass is 948 g/mol. The first-order chi connectivity index (χ1) is 25.8. The van der Waals surface area contributed by atoms with Gasteiger partial charge in [-0.1, -0.05) is 0 Å². The second-order valence-corrected chi connectivity index (χ2v) is 26.1. The molecule has 0 radical (unpaired) electrons. The number of hydrogen-bond donors (Lipinski definition) is 0. The van der Waals surface area contributed by atoms with Gasteiger partial charge in [0, 0.05) is 0 Å². The van der Waals surface area contributed by atoms with Gasteiger partial charge in [0.15, 0.2) is 0 Å². The fourth-order valence-corrected chi connectivity index (χ4v) is 29.2. The van der Waals surface area contributed by atoms with E-state index in [2.05, 4.69) is 9.97 Å². The van der Waals surface area contributed by atoms with E-state index in [1.54, 1.807) is 101 Å². The number of carbonyl (C=O) groups is 2. The second kappa shape index (κ2) is 17.1. The standard InChI is InChI=1S/C40H36N2O9Te2/c1-45-31-5-13-35(14-6-31)52(36-15-7-32(46-2)8-16-36,49-39(43)29-21-25-41-26-22-29)51-53(37-17-9-33(47-3)10-18-37,38-19-11-34(48-4)12-20-38)50-40(44)30-23-27-42-28-24-30/h5-28H,1-4H3. The van der Waals surface area contributed by atoms with Crippen LogP contribution in [0.1, 0.15) is 20.7 Å². The van der Waals surface area contributed by atoms with Gasteiger partial charge in [0.05, 0.1) is 0 Å². The van der Waals surface area contributed by atoms with Crippen molar-refractivity contribution in [1.82, 2.24) is 9.97 Å². The molecule has 0 N–H and O–H groups in total. The number of carbonyl (C=O) groups excluding carboxylic acids is 2. The summed E-state index contributed by atoms with van der Waals surface area (Å²) in [5.41, 5.74) is 0.532. The first-order valence-corrected chi connectivity index (χ1v) is 24.5. The van der Waals surface area contributed by atoms with Gasteiger partial charge in [-0.25, -0.2) is 0 Å². The maximum atomic E-state index is 14.4. The Kier molecular flexibility index (Phi) is 12.2. The number of pyridine rings is 2. The maximum absolute atomic E-state index is 14.4. The first kappa shape index (κ1) is 37.6. The Bertz CT molecular complexity index is 1870. The molecule has 0 unspecified atom stereocenters. The fourth-order valence-electron chi connectivity index (χ4n) is 5.09. The van der Waals surface area contributed by atoms with Gasteiger partial charge in [0.2, 0.25) is 0 Å². The molecule has 2 aromatic heterocycles. The van der Waals surface area contributed by atoms with Gasteiger partial charge in [-0.2, -0.15) is 0 Å². The summed E-state index contributed by atoms with van der Waals surface area (Å²) in [6.45, 7) is 0. The van der Waals surface area contributed by atoms with Crippen molar-refractivity contribution in [2.24, 2.45) is 0 Å². The zero-order chi connectivity index (χ0) is 37.3. The Hall–Kier alpha value is -5.14. The molecule has 53 heavy (non-hydrogen) atoms. The van der Waals surface area contributed by atoms with E-state index in [0.717, 1.165) is 0 Å². The molecule has 6 aromatic rings. The number of rotatable bonds is 14. The summed E-state index contributed by atoms with van der Waals surface area (Å²) in [6, 6.07) is 35.1. The molecule has 0 saturated heterocycles. The Balaban J connectivity index is 1.69. The number of ether oxygens (including phenoxy) is 4. The van der Waals surface area contributed by atoms with Crippen molar-refractivity contribution in [3.05, 3.63) is 157 Å². The van der Waals surface area contributed by atoms with Crippen LogP contribution in [0.5, 0.6) is 23.0 Å². The zero-order valence-corrected chi connectivity index (χ0v) is 33.9. The molecule has 0 saturated carbocycles. The van der Waals surface area contributed by atoms with E-state index in [-0.39, 0.29) is 11.1 Å². The van der Waals surface area contributed by atoms with Crippen molar-refractivity contribution < 1.29 is 36.2 Å². The average molecular weight is 944 g/mol. The summed E-state index contributed by atoms with van der Waals surface area (Å²) in [4.78, 5) is 36.9. The van der Waals surface area contributed by atoms with Crippen molar-refractivity contribution in [3.8, 4) is 23.0 Å². The van der Waals surface area contributed by atoms with Gasteiger partial charge in [-0.3, -0.25) is 0 Å². The van der Waals surface area contributed by atoms with Crippen LogP contribution in [0.4, 0.5) is 0 Å². The average Bonchev–Trinajstić information content (AvgIpc) is 3.23. The molecular weight excluding hydrogens is 908 g/mol. The molecule has 0 aliphatic rings. The molecule has 0 amide bonds. The van der Waals surface area contributed by atoms with E-state index >= 15 is 0 Å². The Labute approximate surface area is 317 Å². The minimum absolute atomic E-state index is 0.266. The van der Waals surface area contributed by atoms with E-state index in [4.69, 9.17) is 26.6 Å². The first-order valence-electron chi connectivity index (χ1n) is 16.1. The molecule has 4 aromatic carbocycles. The van der Waals surface area contributed by atoms with Crippen LogP contribution in [-0.2, 0) is 7.67 Å². The summed E-state index contributed by atoms with van der Waals surface area (Å²) in [5.74, 6) is 1.07. The van der Waals surface area contributed by atoms with E-state index in [1.807, 2.05) is 48.5 Å². The van der Waals surface area contributed by atoms with Crippen LogP contribution >= 0.6 is 0 Å². The molecule has 0 fully saturated rings. The summed E-state index contributed by atoms with van der Waals surface area (Å²) in [7, 11) is 6.28. The number of benzene rings is 4. The van der Waals surface area contributed by atoms with Crippen LogP contribution in [0.15, 0.2) is 146 Å². The van der Waals surface area contributed by atoms with E-state index in [1.165, 1.54) is 24.8 Å². The number of hydrogen-bond acceptors (Lipinski definition) is 11. The van der Waals surface area contributed by atoms with Gasteiger partial charge in [-0.05, 0) is 0 Å². The van der Waals surface area contributed by atoms with Crippen LogP contribution in [0.3, 0.4) is 0 Å². The van der Waals surface area contributed by atoms with E-state index < -0.39 is 49.9 Å². The topological polar surface area (TPSA) is 125 Å². The predicted octanol–water partition coefficient (Wildman–Crippen LogP) is 4.05. The molecule has 0 atom stereocenters. The molecule has 6 rings (SSSR count). The third kappa shape index (κ3) is 8.26. The Morgan fingerprint density at radius 1 is 0.396 bits per heavy atom. The van der Waals surface area contributed by atoms with Crippen LogP contribution in [0.25, 0.3) is 0 Å². The van der Waals surface area contributed by atoms with Gasteiger partial charge in [-0.15, -0.1) is 0 Å². The minimum atomic E-state index is -5.17. The van der Waals surface area contributed by atoms with Crippen molar-refractivity contribution in [2.75, 3.05) is 28.4 Å². The van der Waals surface area contributed by atoms with Crippen LogP contribution in [0.2, 0.25) is 0 Å². The van der Waals surface area contributed by atoms with Crippen molar-refractivity contribution in [3.63, 3.8) is 0 Å². The number of nitrogens with zero attached hydrogens (tertiary/aromatic N) is 2. The summed E-state index contributed by atoms with van der Waals surface area (Å²) >= 11 is -10.3. The third-order valence-electron chi connectivity index (χ3n) is 7.89.